The lowest BCUT2D eigenvalue weighted by Gasteiger charge is -2.31. The SMILES string of the molecule is CCc1ccc(C(C(=O)O)C2CCC2)cc1. The minimum absolute atomic E-state index is 0.292. The second kappa shape index (κ2) is 4.69. The Kier molecular flexibility index (Phi) is 3.28. The van der Waals surface area contributed by atoms with Crippen molar-refractivity contribution in [3.63, 3.8) is 0 Å². The van der Waals surface area contributed by atoms with Gasteiger partial charge in [-0.2, -0.15) is 0 Å². The van der Waals surface area contributed by atoms with Gasteiger partial charge in [0.15, 0.2) is 0 Å². The Balaban J connectivity index is 2.20. The molecule has 0 saturated heterocycles. The van der Waals surface area contributed by atoms with Gasteiger partial charge in [0, 0.05) is 0 Å². The van der Waals surface area contributed by atoms with E-state index in [4.69, 9.17) is 0 Å². The number of carboxylic acid groups (broad SMARTS) is 1. The molecule has 0 bridgehead atoms. The van der Waals surface area contributed by atoms with Crippen LogP contribution < -0.4 is 0 Å². The summed E-state index contributed by atoms with van der Waals surface area (Å²) in [6.07, 6.45) is 4.31. The number of hydrogen-bond acceptors (Lipinski definition) is 1. The lowest BCUT2D eigenvalue weighted by atomic mass is 9.73. The molecule has 2 heteroatoms. The average Bonchev–Trinajstić information content (AvgIpc) is 2.23. The van der Waals surface area contributed by atoms with Gasteiger partial charge in [-0.15, -0.1) is 0 Å². The summed E-state index contributed by atoms with van der Waals surface area (Å²) in [7, 11) is 0. The molecule has 1 aromatic rings. The molecule has 1 aliphatic carbocycles. The third-order valence-electron chi connectivity index (χ3n) is 3.63. The molecule has 1 N–H and O–H groups in total. The van der Waals surface area contributed by atoms with E-state index in [9.17, 15) is 9.90 Å². The summed E-state index contributed by atoms with van der Waals surface area (Å²) in [4.78, 5) is 11.3. The predicted molar refractivity (Wildman–Crippen MR) is 63.5 cm³/mol. The lowest BCUT2D eigenvalue weighted by Crippen LogP contribution is -2.26. The van der Waals surface area contributed by atoms with E-state index in [1.54, 1.807) is 0 Å². The summed E-state index contributed by atoms with van der Waals surface area (Å²) in [5.41, 5.74) is 2.23. The van der Waals surface area contributed by atoms with Gasteiger partial charge >= 0.3 is 5.97 Å². The molecule has 1 aromatic carbocycles. The smallest absolute Gasteiger partial charge is 0.311 e. The zero-order valence-electron chi connectivity index (χ0n) is 9.65. The van der Waals surface area contributed by atoms with Gasteiger partial charge in [0.05, 0.1) is 5.92 Å². The van der Waals surface area contributed by atoms with Gasteiger partial charge in [-0.3, -0.25) is 4.79 Å². The molecule has 0 heterocycles. The molecule has 2 rings (SSSR count). The first-order valence-corrected chi connectivity index (χ1v) is 6.04. The highest BCUT2D eigenvalue weighted by Crippen LogP contribution is 2.39. The molecular formula is C14H18O2. The van der Waals surface area contributed by atoms with Gasteiger partial charge in [0.2, 0.25) is 0 Å². The lowest BCUT2D eigenvalue weighted by molar-refractivity contribution is -0.141. The van der Waals surface area contributed by atoms with Crippen LogP contribution in [0.5, 0.6) is 0 Å². The highest BCUT2D eigenvalue weighted by Gasteiger charge is 2.33. The molecule has 0 radical (unpaired) electrons. The van der Waals surface area contributed by atoms with E-state index >= 15 is 0 Å². The maximum atomic E-state index is 11.3. The molecule has 0 amide bonds. The number of rotatable bonds is 4. The summed E-state index contributed by atoms with van der Waals surface area (Å²) in [6.45, 7) is 2.11. The van der Waals surface area contributed by atoms with Gasteiger partial charge < -0.3 is 5.11 Å². The monoisotopic (exact) mass is 218 g/mol. The fourth-order valence-electron chi connectivity index (χ4n) is 2.35. The Morgan fingerprint density at radius 1 is 1.38 bits per heavy atom. The third kappa shape index (κ3) is 2.11. The van der Waals surface area contributed by atoms with Crippen molar-refractivity contribution in [1.29, 1.82) is 0 Å². The van der Waals surface area contributed by atoms with E-state index in [1.165, 1.54) is 12.0 Å². The highest BCUT2D eigenvalue weighted by atomic mass is 16.4. The number of carboxylic acids is 1. The highest BCUT2D eigenvalue weighted by molar-refractivity contribution is 5.76. The molecule has 0 aliphatic heterocycles. The van der Waals surface area contributed by atoms with Gasteiger partial charge in [-0.25, -0.2) is 0 Å². The van der Waals surface area contributed by atoms with Crippen molar-refractivity contribution in [3.05, 3.63) is 35.4 Å². The molecule has 0 spiro atoms. The van der Waals surface area contributed by atoms with Crippen LogP contribution in [0.1, 0.15) is 43.2 Å². The second-order valence-corrected chi connectivity index (χ2v) is 4.60. The van der Waals surface area contributed by atoms with Gasteiger partial charge in [-0.1, -0.05) is 37.6 Å². The van der Waals surface area contributed by atoms with E-state index in [0.717, 1.165) is 24.8 Å². The zero-order valence-corrected chi connectivity index (χ0v) is 9.65. The molecule has 1 aliphatic rings. The van der Waals surface area contributed by atoms with Crippen LogP contribution in [0.2, 0.25) is 0 Å². The van der Waals surface area contributed by atoms with Crippen molar-refractivity contribution >= 4 is 5.97 Å². The van der Waals surface area contributed by atoms with Crippen LogP contribution in [0.3, 0.4) is 0 Å². The first kappa shape index (κ1) is 11.2. The van der Waals surface area contributed by atoms with Crippen LogP contribution in [0.15, 0.2) is 24.3 Å². The van der Waals surface area contributed by atoms with E-state index in [2.05, 4.69) is 6.92 Å². The molecule has 1 fully saturated rings. The number of benzene rings is 1. The van der Waals surface area contributed by atoms with Crippen LogP contribution in [-0.2, 0) is 11.2 Å². The molecular weight excluding hydrogens is 200 g/mol. The van der Waals surface area contributed by atoms with Crippen molar-refractivity contribution in [2.75, 3.05) is 0 Å². The molecule has 1 unspecified atom stereocenters. The van der Waals surface area contributed by atoms with E-state index in [0.29, 0.717) is 5.92 Å². The average molecular weight is 218 g/mol. The number of hydrogen-bond donors (Lipinski definition) is 1. The molecule has 1 saturated carbocycles. The molecule has 1 atom stereocenters. The Morgan fingerprint density at radius 3 is 2.38 bits per heavy atom. The molecule has 16 heavy (non-hydrogen) atoms. The van der Waals surface area contributed by atoms with Crippen molar-refractivity contribution in [1.82, 2.24) is 0 Å². The fraction of sp³-hybridized carbons (Fsp3) is 0.500. The summed E-state index contributed by atoms with van der Waals surface area (Å²) >= 11 is 0. The maximum Gasteiger partial charge on any atom is 0.311 e. The summed E-state index contributed by atoms with van der Waals surface area (Å²) in [6, 6.07) is 8.06. The Bertz CT molecular complexity index is 363. The van der Waals surface area contributed by atoms with Crippen molar-refractivity contribution in [2.45, 2.75) is 38.5 Å². The van der Waals surface area contributed by atoms with E-state index in [1.807, 2.05) is 24.3 Å². The van der Waals surface area contributed by atoms with Crippen LogP contribution >= 0.6 is 0 Å². The van der Waals surface area contributed by atoms with Crippen LogP contribution in [0.4, 0.5) is 0 Å². The Hall–Kier alpha value is -1.31. The predicted octanol–water partition coefficient (Wildman–Crippen LogP) is 3.22. The minimum atomic E-state index is -0.672. The minimum Gasteiger partial charge on any atom is -0.481 e. The fourth-order valence-corrected chi connectivity index (χ4v) is 2.35. The van der Waals surface area contributed by atoms with Crippen LogP contribution in [0, 0.1) is 5.92 Å². The molecule has 0 aromatic heterocycles. The number of aryl methyl sites for hydroxylation is 1. The van der Waals surface area contributed by atoms with Crippen molar-refractivity contribution in [3.8, 4) is 0 Å². The van der Waals surface area contributed by atoms with Gasteiger partial charge in [0.1, 0.15) is 0 Å². The topological polar surface area (TPSA) is 37.3 Å². The third-order valence-corrected chi connectivity index (χ3v) is 3.63. The van der Waals surface area contributed by atoms with E-state index < -0.39 is 5.97 Å². The number of carbonyl (C=O) groups is 1. The first-order chi connectivity index (χ1) is 7.72. The van der Waals surface area contributed by atoms with Gasteiger partial charge in [0.25, 0.3) is 0 Å². The van der Waals surface area contributed by atoms with Gasteiger partial charge in [-0.05, 0) is 36.3 Å². The van der Waals surface area contributed by atoms with Crippen molar-refractivity contribution in [2.24, 2.45) is 5.92 Å². The molecule has 86 valence electrons. The maximum absolute atomic E-state index is 11.3. The first-order valence-electron chi connectivity index (χ1n) is 6.04. The normalized spacial score (nSPS) is 17.8. The van der Waals surface area contributed by atoms with Crippen LogP contribution in [-0.4, -0.2) is 11.1 Å². The Morgan fingerprint density at radius 2 is 2.00 bits per heavy atom. The summed E-state index contributed by atoms with van der Waals surface area (Å²) < 4.78 is 0. The van der Waals surface area contributed by atoms with E-state index in [-0.39, 0.29) is 5.92 Å². The van der Waals surface area contributed by atoms with Crippen molar-refractivity contribution < 1.29 is 9.90 Å². The Labute approximate surface area is 96.3 Å². The zero-order chi connectivity index (χ0) is 11.5. The van der Waals surface area contributed by atoms with Crippen LogP contribution in [0.25, 0.3) is 0 Å². The standard InChI is InChI=1S/C14H18O2/c1-2-10-6-8-12(9-7-10)13(14(15)16)11-4-3-5-11/h6-9,11,13H,2-5H2,1H3,(H,15,16). The quantitative estimate of drug-likeness (QED) is 0.842. The largest absolute Gasteiger partial charge is 0.481 e. The second-order valence-electron chi connectivity index (χ2n) is 4.60. The number of aliphatic carboxylic acids is 1. The molecule has 2 nitrogen and oxygen atoms in total. The summed E-state index contributed by atoms with van der Waals surface area (Å²) in [5.74, 6) is -0.612. The summed E-state index contributed by atoms with van der Waals surface area (Å²) in [5, 5.41) is 9.29.